The van der Waals surface area contributed by atoms with E-state index in [1.807, 2.05) is 0 Å². The number of carbonyl (C=O) groups is 2. The fourth-order valence-corrected chi connectivity index (χ4v) is 12.0. The quantitative estimate of drug-likeness (QED) is 0.175. The van der Waals surface area contributed by atoms with Gasteiger partial charge in [-0.25, -0.2) is 4.79 Å². The molecule has 0 heterocycles. The van der Waals surface area contributed by atoms with Gasteiger partial charge in [-0.15, -0.1) is 0 Å². The van der Waals surface area contributed by atoms with E-state index in [2.05, 4.69) is 47.6 Å². The maximum absolute atomic E-state index is 13.3. The number of carbonyl (C=O) groups excluding carboxylic acids is 1. The lowest BCUT2D eigenvalue weighted by Crippen LogP contribution is -2.67. The van der Waals surface area contributed by atoms with Gasteiger partial charge in [-0.1, -0.05) is 65.3 Å². The van der Waals surface area contributed by atoms with Crippen LogP contribution in [0.25, 0.3) is 6.08 Å². The highest BCUT2D eigenvalue weighted by atomic mass is 16.5. The smallest absolute Gasteiger partial charge is 0.330 e. The van der Waals surface area contributed by atoms with E-state index in [1.54, 1.807) is 30.3 Å². The van der Waals surface area contributed by atoms with Crippen LogP contribution in [-0.2, 0) is 14.3 Å². The predicted octanol–water partition coefficient (Wildman–Crippen LogP) is 8.03. The van der Waals surface area contributed by atoms with E-state index in [-0.39, 0.29) is 46.5 Å². The fraction of sp³-hybridized carbons (Fsp3) is 0.692. The van der Waals surface area contributed by atoms with Gasteiger partial charge in [-0.2, -0.15) is 0 Å². The lowest BCUT2D eigenvalue weighted by molar-refractivity contribution is -0.218. The van der Waals surface area contributed by atoms with Gasteiger partial charge >= 0.3 is 11.9 Å². The number of hydrogen-bond acceptors (Lipinski definition) is 5. The number of phenols is 1. The van der Waals surface area contributed by atoms with Gasteiger partial charge in [-0.05, 0) is 127 Å². The number of esters is 1. The third-order valence-electron chi connectivity index (χ3n) is 14.8. The van der Waals surface area contributed by atoms with Crippen LogP contribution in [0.3, 0.4) is 0 Å². The third-order valence-corrected chi connectivity index (χ3v) is 14.8. The monoisotopic (exact) mass is 618 g/mol. The highest BCUT2D eigenvalue weighted by molar-refractivity contribution is 5.87. The van der Waals surface area contributed by atoms with E-state index < -0.39 is 22.8 Å². The molecule has 45 heavy (non-hydrogen) atoms. The average molecular weight is 619 g/mol. The summed E-state index contributed by atoms with van der Waals surface area (Å²) in [5.74, 6) is 0.422. The van der Waals surface area contributed by atoms with E-state index in [4.69, 9.17) is 4.74 Å². The number of allylic oxidation sites excluding steroid dienone is 1. The number of aliphatic hydroxyl groups excluding tert-OH is 1. The van der Waals surface area contributed by atoms with Crippen LogP contribution in [0.15, 0.2) is 42.0 Å². The summed E-state index contributed by atoms with van der Waals surface area (Å²) in [4.78, 5) is 26.5. The van der Waals surface area contributed by atoms with Crippen LogP contribution in [-0.4, -0.2) is 40.0 Å². The topological polar surface area (TPSA) is 104 Å². The largest absolute Gasteiger partial charge is 0.508 e. The number of phenolic OH excluding ortho intramolecular Hbond substituents is 1. The summed E-state index contributed by atoms with van der Waals surface area (Å²) in [6.45, 7) is 14.2. The second-order valence-corrected chi connectivity index (χ2v) is 16.8. The van der Waals surface area contributed by atoms with Crippen molar-refractivity contribution in [2.75, 3.05) is 6.61 Å². The Morgan fingerprint density at radius 2 is 1.64 bits per heavy atom. The summed E-state index contributed by atoms with van der Waals surface area (Å²) in [6.07, 6.45) is 12.9. The molecule has 0 aromatic heterocycles. The van der Waals surface area contributed by atoms with Crippen molar-refractivity contribution in [2.45, 2.75) is 105 Å². The molecule has 0 aliphatic heterocycles. The average Bonchev–Trinajstić information content (AvgIpc) is 2.99. The van der Waals surface area contributed by atoms with E-state index in [9.17, 15) is 24.9 Å². The van der Waals surface area contributed by atoms with Gasteiger partial charge in [0.2, 0.25) is 0 Å². The minimum Gasteiger partial charge on any atom is -0.508 e. The zero-order valence-electron chi connectivity index (χ0n) is 28.1. The molecule has 6 nitrogen and oxygen atoms in total. The molecule has 246 valence electrons. The molecule has 0 radical (unpaired) electrons. The lowest BCUT2D eigenvalue weighted by atomic mass is 9.33. The zero-order valence-corrected chi connectivity index (χ0v) is 28.1. The molecule has 5 aliphatic carbocycles. The minimum absolute atomic E-state index is 0.0281. The summed E-state index contributed by atoms with van der Waals surface area (Å²) in [5, 5.41) is 31.6. The van der Waals surface area contributed by atoms with Crippen LogP contribution in [0, 0.1) is 56.7 Å². The third kappa shape index (κ3) is 4.66. The number of aliphatic hydroxyl groups is 1. The molecule has 0 bridgehead atoms. The van der Waals surface area contributed by atoms with Crippen molar-refractivity contribution in [2.24, 2.45) is 56.7 Å². The molecule has 1 aromatic carbocycles. The SMILES string of the molecule is CC1CC[C@]2(C(=O)O)CCC3(COC(=O)C=Cc4ccc(O)cc4)C(=CCC4[C@@]5(C)CC[C@H](O)C(C)(C)C5CC[C@]43C)[C@@H]2[C@H]1C. The van der Waals surface area contributed by atoms with Crippen LogP contribution in [0.4, 0.5) is 0 Å². The van der Waals surface area contributed by atoms with Crippen molar-refractivity contribution in [3.05, 3.63) is 47.6 Å². The second kappa shape index (κ2) is 11.0. The Morgan fingerprint density at radius 3 is 2.33 bits per heavy atom. The Bertz CT molecular complexity index is 1390. The van der Waals surface area contributed by atoms with E-state index in [1.165, 1.54) is 11.6 Å². The summed E-state index contributed by atoms with van der Waals surface area (Å²) in [7, 11) is 0. The Balaban J connectivity index is 1.42. The minimum atomic E-state index is -0.773. The number of rotatable bonds is 5. The van der Waals surface area contributed by atoms with Crippen molar-refractivity contribution in [3.8, 4) is 5.75 Å². The first-order chi connectivity index (χ1) is 21.1. The van der Waals surface area contributed by atoms with Crippen molar-refractivity contribution < 1.29 is 29.6 Å². The van der Waals surface area contributed by atoms with Crippen LogP contribution < -0.4 is 0 Å². The lowest BCUT2D eigenvalue weighted by Gasteiger charge is -2.71. The Labute approximate surface area is 269 Å². The summed E-state index contributed by atoms with van der Waals surface area (Å²) in [5.41, 5.74) is 0.520. The van der Waals surface area contributed by atoms with Gasteiger partial charge in [0.15, 0.2) is 0 Å². The molecule has 4 unspecified atom stereocenters. The van der Waals surface area contributed by atoms with Gasteiger partial charge in [0.1, 0.15) is 12.4 Å². The van der Waals surface area contributed by atoms with Gasteiger partial charge in [-0.3, -0.25) is 4.79 Å². The first-order valence-corrected chi connectivity index (χ1v) is 17.4. The number of aromatic hydroxyl groups is 1. The maximum atomic E-state index is 13.3. The van der Waals surface area contributed by atoms with Crippen molar-refractivity contribution in [1.29, 1.82) is 0 Å². The van der Waals surface area contributed by atoms with E-state index in [0.29, 0.717) is 37.0 Å². The Morgan fingerprint density at radius 1 is 0.933 bits per heavy atom. The standard InChI is InChI=1S/C39H54O6/c1-24-15-20-38(34(43)44)21-22-39(23-45-32(42)14-9-26-7-10-27(40)11-8-26)28(33(38)25(24)2)12-13-30-36(5)18-17-31(41)35(3,4)29(36)16-19-37(30,39)6/h7-12,14,24-25,29-31,33,40-41H,13,15-23H2,1-6H3,(H,43,44)/t24?,25-,29?,30?,31-,33-,36-,37+,38-,39?/m0/s1. The maximum Gasteiger partial charge on any atom is 0.330 e. The van der Waals surface area contributed by atoms with Crippen LogP contribution in [0.1, 0.15) is 105 Å². The Hall–Kier alpha value is -2.60. The van der Waals surface area contributed by atoms with Crippen LogP contribution >= 0.6 is 0 Å². The number of carboxylic acid groups (broad SMARTS) is 1. The number of carboxylic acids is 1. The molecule has 3 N–H and O–H groups in total. The fourth-order valence-electron chi connectivity index (χ4n) is 12.0. The predicted molar refractivity (Wildman–Crippen MR) is 175 cm³/mol. The molecule has 6 rings (SSSR count). The zero-order chi connectivity index (χ0) is 32.6. The van der Waals surface area contributed by atoms with Gasteiger partial charge in [0.25, 0.3) is 0 Å². The molecular weight excluding hydrogens is 564 g/mol. The highest BCUT2D eigenvalue weighted by Gasteiger charge is 2.71. The molecule has 0 spiro atoms. The number of benzene rings is 1. The van der Waals surface area contributed by atoms with Gasteiger partial charge in [0, 0.05) is 11.5 Å². The second-order valence-electron chi connectivity index (χ2n) is 16.8. The molecule has 5 aliphatic rings. The van der Waals surface area contributed by atoms with Crippen molar-refractivity contribution >= 4 is 18.0 Å². The molecular formula is C39H54O6. The molecule has 1 aromatic rings. The van der Waals surface area contributed by atoms with E-state index >= 15 is 0 Å². The molecule has 6 heteroatoms. The molecule has 10 atom stereocenters. The van der Waals surface area contributed by atoms with Gasteiger partial charge < -0.3 is 20.1 Å². The summed E-state index contributed by atoms with van der Waals surface area (Å²) in [6, 6.07) is 6.70. The number of ether oxygens (including phenoxy) is 1. The van der Waals surface area contributed by atoms with Gasteiger partial charge in [0.05, 0.1) is 11.5 Å². The summed E-state index contributed by atoms with van der Waals surface area (Å²) >= 11 is 0. The van der Waals surface area contributed by atoms with Crippen LogP contribution in [0.2, 0.25) is 0 Å². The number of aliphatic carboxylic acids is 1. The molecule has 0 saturated heterocycles. The molecule has 4 saturated carbocycles. The van der Waals surface area contributed by atoms with Crippen LogP contribution in [0.5, 0.6) is 5.75 Å². The normalized spacial score (nSPS) is 43.7. The molecule has 4 fully saturated rings. The first-order valence-electron chi connectivity index (χ1n) is 17.4. The first kappa shape index (κ1) is 32.3. The number of hydrogen-bond donors (Lipinski definition) is 3. The number of fused-ring (bicyclic) bond motifs is 7. The highest BCUT2D eigenvalue weighted by Crippen LogP contribution is 2.76. The van der Waals surface area contributed by atoms with Crippen molar-refractivity contribution in [3.63, 3.8) is 0 Å². The summed E-state index contributed by atoms with van der Waals surface area (Å²) < 4.78 is 6.26. The Kier molecular flexibility index (Phi) is 7.90. The van der Waals surface area contributed by atoms with Crippen molar-refractivity contribution in [1.82, 2.24) is 0 Å². The van der Waals surface area contributed by atoms with E-state index in [0.717, 1.165) is 44.1 Å². The molecule has 0 amide bonds.